The van der Waals surface area contributed by atoms with Gasteiger partial charge in [-0.3, -0.25) is 4.79 Å². The number of hydrogen-bond donors (Lipinski definition) is 0. The molecule has 20 heavy (non-hydrogen) atoms. The van der Waals surface area contributed by atoms with Crippen LogP contribution in [0.3, 0.4) is 0 Å². The van der Waals surface area contributed by atoms with E-state index in [1.807, 2.05) is 17.0 Å². The van der Waals surface area contributed by atoms with E-state index in [1.165, 1.54) is 11.1 Å². The second kappa shape index (κ2) is 5.94. The number of benzene rings is 1. The van der Waals surface area contributed by atoms with E-state index >= 15 is 0 Å². The van der Waals surface area contributed by atoms with Gasteiger partial charge in [0.1, 0.15) is 12.2 Å². The minimum absolute atomic E-state index is 0.0182. The van der Waals surface area contributed by atoms with Crippen LogP contribution in [0.1, 0.15) is 30.1 Å². The van der Waals surface area contributed by atoms with Gasteiger partial charge in [0.05, 0.1) is 13.2 Å². The van der Waals surface area contributed by atoms with Crippen molar-refractivity contribution in [2.24, 2.45) is 0 Å². The summed E-state index contributed by atoms with van der Waals surface area (Å²) in [5, 5.41) is 0. The van der Waals surface area contributed by atoms with Gasteiger partial charge in [-0.25, -0.2) is 0 Å². The number of rotatable bonds is 2. The Bertz CT molecular complexity index is 482. The summed E-state index contributed by atoms with van der Waals surface area (Å²) in [4.78, 5) is 14.3. The molecule has 2 aliphatic heterocycles. The van der Waals surface area contributed by atoms with Gasteiger partial charge in [-0.05, 0) is 30.9 Å². The van der Waals surface area contributed by atoms with Crippen LogP contribution in [0, 0.1) is 6.92 Å². The number of morpholine rings is 1. The highest BCUT2D eigenvalue weighted by Gasteiger charge is 2.32. The maximum Gasteiger partial charge on any atom is 0.251 e. The van der Waals surface area contributed by atoms with Crippen LogP contribution in [0.15, 0.2) is 24.3 Å². The topological polar surface area (TPSA) is 38.8 Å². The summed E-state index contributed by atoms with van der Waals surface area (Å²) in [6.07, 6.45) is 1.59. The van der Waals surface area contributed by atoms with E-state index in [4.69, 9.17) is 9.47 Å². The zero-order valence-corrected chi connectivity index (χ0v) is 11.9. The van der Waals surface area contributed by atoms with Crippen molar-refractivity contribution in [3.05, 3.63) is 35.4 Å². The molecular formula is C16H21NO3. The highest BCUT2D eigenvalue weighted by atomic mass is 16.5. The van der Waals surface area contributed by atoms with Crippen molar-refractivity contribution in [2.75, 3.05) is 26.3 Å². The maximum atomic E-state index is 12.4. The monoisotopic (exact) mass is 275 g/mol. The third kappa shape index (κ3) is 2.72. The highest BCUT2D eigenvalue weighted by molar-refractivity contribution is 5.81. The van der Waals surface area contributed by atoms with Gasteiger partial charge >= 0.3 is 0 Å². The molecule has 0 aliphatic carbocycles. The first kappa shape index (κ1) is 13.6. The molecule has 3 rings (SSSR count). The molecule has 2 saturated heterocycles. The molecule has 0 spiro atoms. The summed E-state index contributed by atoms with van der Waals surface area (Å²) in [6, 6.07) is 8.21. The Morgan fingerprint density at radius 1 is 1.25 bits per heavy atom. The third-order valence-corrected chi connectivity index (χ3v) is 4.12. The molecule has 2 heterocycles. The van der Waals surface area contributed by atoms with E-state index in [0.717, 1.165) is 12.8 Å². The Kier molecular flexibility index (Phi) is 4.03. The van der Waals surface area contributed by atoms with Crippen molar-refractivity contribution in [2.45, 2.75) is 32.0 Å². The first-order valence-corrected chi connectivity index (χ1v) is 7.33. The molecular weight excluding hydrogens is 254 g/mol. The van der Waals surface area contributed by atoms with E-state index in [2.05, 4.69) is 19.1 Å². The molecule has 108 valence electrons. The lowest BCUT2D eigenvalue weighted by Crippen LogP contribution is -2.46. The van der Waals surface area contributed by atoms with E-state index in [9.17, 15) is 4.79 Å². The highest BCUT2D eigenvalue weighted by Crippen LogP contribution is 2.26. The molecule has 0 saturated carbocycles. The molecule has 2 atom stereocenters. The van der Waals surface area contributed by atoms with Crippen molar-refractivity contribution >= 4 is 5.91 Å². The summed E-state index contributed by atoms with van der Waals surface area (Å²) < 4.78 is 11.4. The van der Waals surface area contributed by atoms with Crippen LogP contribution in [0.4, 0.5) is 0 Å². The van der Waals surface area contributed by atoms with E-state index < -0.39 is 0 Å². The quantitative estimate of drug-likeness (QED) is 0.829. The molecule has 1 aromatic rings. The van der Waals surface area contributed by atoms with Crippen LogP contribution in [0.25, 0.3) is 0 Å². The van der Waals surface area contributed by atoms with Crippen LogP contribution in [-0.4, -0.2) is 43.2 Å². The number of aryl methyl sites for hydroxylation is 1. The van der Waals surface area contributed by atoms with Crippen LogP contribution < -0.4 is 0 Å². The van der Waals surface area contributed by atoms with Crippen LogP contribution in [0.2, 0.25) is 0 Å². The Balaban J connectivity index is 1.70. The van der Waals surface area contributed by atoms with Gasteiger partial charge in [0.15, 0.2) is 0 Å². The first-order valence-electron chi connectivity index (χ1n) is 7.33. The zero-order valence-electron chi connectivity index (χ0n) is 11.9. The Morgan fingerprint density at radius 2 is 2.10 bits per heavy atom. The van der Waals surface area contributed by atoms with Crippen molar-refractivity contribution in [1.29, 1.82) is 0 Å². The van der Waals surface area contributed by atoms with Gasteiger partial charge < -0.3 is 14.4 Å². The molecule has 1 amide bonds. The summed E-state index contributed by atoms with van der Waals surface area (Å²) in [5.74, 6) is 0.129. The van der Waals surface area contributed by atoms with Crippen molar-refractivity contribution < 1.29 is 14.3 Å². The molecule has 4 nitrogen and oxygen atoms in total. The Hall–Kier alpha value is -1.39. The van der Waals surface area contributed by atoms with E-state index in [-0.39, 0.29) is 18.1 Å². The van der Waals surface area contributed by atoms with Crippen molar-refractivity contribution in [3.63, 3.8) is 0 Å². The van der Waals surface area contributed by atoms with Crippen LogP contribution in [-0.2, 0) is 14.3 Å². The zero-order chi connectivity index (χ0) is 13.9. The van der Waals surface area contributed by atoms with Gasteiger partial charge in [0.25, 0.3) is 5.91 Å². The summed E-state index contributed by atoms with van der Waals surface area (Å²) >= 11 is 0. The molecule has 4 heteroatoms. The van der Waals surface area contributed by atoms with Gasteiger partial charge in [0, 0.05) is 13.2 Å². The van der Waals surface area contributed by atoms with Gasteiger partial charge in [-0.15, -0.1) is 0 Å². The summed E-state index contributed by atoms with van der Waals surface area (Å²) in [5.41, 5.74) is 2.39. The number of hydrogen-bond acceptors (Lipinski definition) is 3. The lowest BCUT2D eigenvalue weighted by Gasteiger charge is -2.35. The first-order chi connectivity index (χ1) is 9.75. The van der Waals surface area contributed by atoms with Crippen LogP contribution >= 0.6 is 0 Å². The minimum atomic E-state index is -0.231. The van der Waals surface area contributed by atoms with Crippen molar-refractivity contribution in [3.8, 4) is 0 Å². The Labute approximate surface area is 119 Å². The fourth-order valence-corrected chi connectivity index (χ4v) is 2.96. The summed E-state index contributed by atoms with van der Waals surface area (Å²) in [7, 11) is 0. The van der Waals surface area contributed by atoms with Gasteiger partial charge in [-0.1, -0.05) is 24.3 Å². The molecule has 1 aromatic carbocycles. The number of carbonyl (C=O) groups is 1. The second-order valence-electron chi connectivity index (χ2n) is 5.50. The number of amides is 1. The minimum Gasteiger partial charge on any atom is -0.370 e. The normalized spacial score (nSPS) is 26.8. The average Bonchev–Trinajstić information content (AvgIpc) is 3.01. The molecule has 2 fully saturated rings. The lowest BCUT2D eigenvalue weighted by molar-refractivity contribution is -0.148. The molecule has 2 aliphatic rings. The van der Waals surface area contributed by atoms with Gasteiger partial charge in [0.2, 0.25) is 0 Å². The lowest BCUT2D eigenvalue weighted by atomic mass is 10.0. The standard InChI is InChI=1S/C16H21NO3/c1-12-5-2-3-6-13(12)15-11-17(8-10-20-15)16(18)14-7-4-9-19-14/h2-3,5-6,14-15H,4,7-11H2,1H3. The number of ether oxygens (including phenoxy) is 2. The number of nitrogens with zero attached hydrogens (tertiary/aromatic N) is 1. The van der Waals surface area contributed by atoms with Gasteiger partial charge in [-0.2, -0.15) is 0 Å². The fraction of sp³-hybridized carbons (Fsp3) is 0.562. The van der Waals surface area contributed by atoms with Crippen molar-refractivity contribution in [1.82, 2.24) is 4.90 Å². The predicted molar refractivity (Wildman–Crippen MR) is 75.4 cm³/mol. The smallest absolute Gasteiger partial charge is 0.251 e. The SMILES string of the molecule is Cc1ccccc1C1CN(C(=O)C2CCCO2)CCO1. The van der Waals surface area contributed by atoms with Crippen LogP contribution in [0.5, 0.6) is 0 Å². The molecule has 0 radical (unpaired) electrons. The van der Waals surface area contributed by atoms with E-state index in [0.29, 0.717) is 26.3 Å². The number of carbonyl (C=O) groups excluding carboxylic acids is 1. The fourth-order valence-electron chi connectivity index (χ4n) is 2.96. The maximum absolute atomic E-state index is 12.4. The molecule has 2 unspecified atom stereocenters. The summed E-state index contributed by atoms with van der Waals surface area (Å²) in [6.45, 7) is 4.68. The third-order valence-electron chi connectivity index (χ3n) is 4.12. The molecule has 0 aromatic heterocycles. The average molecular weight is 275 g/mol. The molecule has 0 N–H and O–H groups in total. The second-order valence-corrected chi connectivity index (χ2v) is 5.50. The Morgan fingerprint density at radius 3 is 2.85 bits per heavy atom. The predicted octanol–water partition coefficient (Wildman–Crippen LogP) is 2.07. The van der Waals surface area contributed by atoms with E-state index in [1.54, 1.807) is 0 Å². The molecule has 0 bridgehead atoms. The largest absolute Gasteiger partial charge is 0.370 e.